The Labute approximate surface area is 179 Å². The van der Waals surface area contributed by atoms with Crippen LogP contribution in [0.5, 0.6) is 5.75 Å². The van der Waals surface area contributed by atoms with Gasteiger partial charge >= 0.3 is 11.9 Å². The van der Waals surface area contributed by atoms with Crippen molar-refractivity contribution in [3.63, 3.8) is 0 Å². The van der Waals surface area contributed by atoms with Crippen molar-refractivity contribution in [2.75, 3.05) is 41.8 Å². The predicted octanol–water partition coefficient (Wildman–Crippen LogP) is 0.850. The average molecular weight is 417 g/mol. The lowest BCUT2D eigenvalue weighted by atomic mass is 9.97. The van der Waals surface area contributed by atoms with Gasteiger partial charge in [0.15, 0.2) is 6.04 Å². The fourth-order valence-corrected chi connectivity index (χ4v) is 3.50. The first kappa shape index (κ1) is 23.8. The number of carbonyl (C=O) groups excluding carboxylic acids is 2. The molecule has 30 heavy (non-hydrogen) atoms. The van der Waals surface area contributed by atoms with E-state index in [1.54, 1.807) is 14.0 Å². The summed E-state index contributed by atoms with van der Waals surface area (Å²) in [6.07, 6.45) is 2.70. The summed E-state index contributed by atoms with van der Waals surface area (Å²) in [7, 11) is 9.72. The molecule has 0 amide bonds. The summed E-state index contributed by atoms with van der Waals surface area (Å²) in [4.78, 5) is 27.7. The highest BCUT2D eigenvalue weighted by Gasteiger charge is 2.30. The topological polar surface area (TPSA) is 61.5 Å². The maximum Gasteiger partial charge on any atom is 0.372 e. The van der Waals surface area contributed by atoms with Crippen LogP contribution in [0.2, 0.25) is 0 Å². The van der Waals surface area contributed by atoms with Crippen LogP contribution in [0, 0.1) is 0 Å². The number of fused-ring (bicyclic) bond motifs is 1. The lowest BCUT2D eigenvalue weighted by Gasteiger charge is -2.20. The lowest BCUT2D eigenvalue weighted by molar-refractivity contribution is -0.877. The van der Waals surface area contributed by atoms with Crippen molar-refractivity contribution in [1.29, 1.82) is 0 Å². The third kappa shape index (κ3) is 6.54. The summed E-state index contributed by atoms with van der Waals surface area (Å²) in [5, 5.41) is 2.04. The van der Waals surface area contributed by atoms with Crippen molar-refractivity contribution in [2.24, 2.45) is 0 Å². The van der Waals surface area contributed by atoms with Crippen LogP contribution in [0.25, 0.3) is 10.8 Å². The van der Waals surface area contributed by atoms with Crippen LogP contribution in [-0.2, 0) is 14.3 Å². The Morgan fingerprint density at radius 2 is 1.60 bits per heavy atom. The third-order valence-corrected chi connectivity index (χ3v) is 5.53. The largest absolute Gasteiger partial charge is 0.497 e. The molecule has 0 aliphatic heterocycles. The monoisotopic (exact) mass is 416 g/mol. The second-order valence-corrected chi connectivity index (χ2v) is 8.52. The standard InChI is InChI=1S/C24H34N2O4/c1-17(18-10-11-20-16-21(29-6)13-12-19(20)15-18)23(27)30-24(28)22(26(4)5)9-7-8-14-25(2)3/h10-13,15-17,22H,7-9,14H2,1-6H3/p+2. The highest BCUT2D eigenvalue weighted by molar-refractivity contribution is 5.92. The van der Waals surface area contributed by atoms with Gasteiger partial charge in [-0.25, -0.2) is 4.79 Å². The zero-order chi connectivity index (χ0) is 22.3. The summed E-state index contributed by atoms with van der Waals surface area (Å²) in [5.74, 6) is -0.667. The molecule has 0 fully saturated rings. The first-order valence-electron chi connectivity index (χ1n) is 10.6. The summed E-state index contributed by atoms with van der Waals surface area (Å²) in [6, 6.07) is 11.3. The SMILES string of the molecule is COc1ccc2cc(C(C)C(=O)OC(=O)C(CCCC[NH+](C)C)[NH+](C)C)ccc2c1. The van der Waals surface area contributed by atoms with Gasteiger partial charge in [-0.1, -0.05) is 24.3 Å². The van der Waals surface area contributed by atoms with E-state index in [2.05, 4.69) is 14.1 Å². The molecule has 0 heterocycles. The molecule has 6 heteroatoms. The summed E-state index contributed by atoms with van der Waals surface area (Å²) < 4.78 is 10.5. The third-order valence-electron chi connectivity index (χ3n) is 5.53. The Hall–Kier alpha value is -2.44. The molecule has 2 unspecified atom stereocenters. The molecule has 164 valence electrons. The number of unbranched alkanes of at least 4 members (excludes halogenated alkanes) is 1. The Kier molecular flexibility index (Phi) is 8.81. The van der Waals surface area contributed by atoms with Crippen LogP contribution < -0.4 is 14.5 Å². The van der Waals surface area contributed by atoms with Gasteiger partial charge in [0.2, 0.25) is 0 Å². The van der Waals surface area contributed by atoms with Crippen molar-refractivity contribution in [3.05, 3.63) is 42.0 Å². The highest BCUT2D eigenvalue weighted by atomic mass is 16.6. The van der Waals surface area contributed by atoms with Crippen LogP contribution >= 0.6 is 0 Å². The summed E-state index contributed by atoms with van der Waals surface area (Å²) >= 11 is 0. The van der Waals surface area contributed by atoms with E-state index in [0.717, 1.165) is 46.4 Å². The number of nitrogens with one attached hydrogen (secondary N) is 2. The Morgan fingerprint density at radius 3 is 2.23 bits per heavy atom. The number of methoxy groups -OCH3 is 1. The van der Waals surface area contributed by atoms with E-state index in [4.69, 9.17) is 9.47 Å². The van der Waals surface area contributed by atoms with Crippen LogP contribution in [0.3, 0.4) is 0 Å². The maximum absolute atomic E-state index is 12.7. The van der Waals surface area contributed by atoms with Crippen molar-refractivity contribution in [1.82, 2.24) is 0 Å². The molecule has 2 N–H and O–H groups in total. The molecule has 0 saturated carbocycles. The number of likely N-dealkylation sites (N-methyl/N-ethyl adjacent to an activating group) is 1. The van der Waals surface area contributed by atoms with Crippen LogP contribution in [0.4, 0.5) is 0 Å². The van der Waals surface area contributed by atoms with Gasteiger partial charge in [0.1, 0.15) is 5.75 Å². The van der Waals surface area contributed by atoms with Crippen molar-refractivity contribution in [2.45, 2.75) is 38.1 Å². The fourth-order valence-electron chi connectivity index (χ4n) is 3.50. The highest BCUT2D eigenvalue weighted by Crippen LogP contribution is 2.25. The van der Waals surface area contributed by atoms with Gasteiger partial charge in [-0.2, -0.15) is 0 Å². The molecule has 0 spiro atoms. The van der Waals surface area contributed by atoms with Gasteiger partial charge in [0.05, 0.1) is 47.8 Å². The average Bonchev–Trinajstić information content (AvgIpc) is 2.71. The number of carbonyl (C=O) groups is 2. The van der Waals surface area contributed by atoms with E-state index >= 15 is 0 Å². The quantitative estimate of drug-likeness (QED) is 0.343. The van der Waals surface area contributed by atoms with Gasteiger partial charge in [-0.05, 0) is 48.2 Å². The molecule has 0 bridgehead atoms. The molecule has 2 aromatic carbocycles. The van der Waals surface area contributed by atoms with E-state index in [9.17, 15) is 9.59 Å². The fraction of sp³-hybridized carbons (Fsp3) is 0.500. The molecule has 0 aromatic heterocycles. The minimum Gasteiger partial charge on any atom is -0.497 e. The second-order valence-electron chi connectivity index (χ2n) is 8.52. The molecular formula is C24H36N2O4+2. The van der Waals surface area contributed by atoms with E-state index in [1.165, 1.54) is 4.90 Å². The van der Waals surface area contributed by atoms with Gasteiger partial charge in [-0.3, -0.25) is 4.79 Å². The molecule has 6 nitrogen and oxygen atoms in total. The van der Waals surface area contributed by atoms with E-state index in [0.29, 0.717) is 6.42 Å². The smallest absolute Gasteiger partial charge is 0.372 e. The van der Waals surface area contributed by atoms with Crippen molar-refractivity contribution < 1.29 is 28.9 Å². The van der Waals surface area contributed by atoms with E-state index in [1.807, 2.05) is 50.5 Å². The molecule has 0 aliphatic carbocycles. The minimum absolute atomic E-state index is 0.331. The Balaban J connectivity index is 2.02. The predicted molar refractivity (Wildman–Crippen MR) is 118 cm³/mol. The second kappa shape index (κ2) is 11.1. The van der Waals surface area contributed by atoms with Crippen molar-refractivity contribution >= 4 is 22.7 Å². The van der Waals surface area contributed by atoms with Gasteiger partial charge in [0.25, 0.3) is 0 Å². The number of hydrogen-bond acceptors (Lipinski definition) is 4. The Bertz CT molecular complexity index is 863. The molecule has 0 radical (unpaired) electrons. The number of hydrogen-bond donors (Lipinski definition) is 2. The van der Waals surface area contributed by atoms with E-state index in [-0.39, 0.29) is 6.04 Å². The summed E-state index contributed by atoms with van der Waals surface area (Å²) in [5.41, 5.74) is 0.827. The minimum atomic E-state index is -0.518. The van der Waals surface area contributed by atoms with Crippen LogP contribution in [0.1, 0.15) is 37.7 Å². The van der Waals surface area contributed by atoms with Gasteiger partial charge in [0, 0.05) is 6.42 Å². The van der Waals surface area contributed by atoms with Gasteiger partial charge in [-0.15, -0.1) is 0 Å². The summed E-state index contributed by atoms with van der Waals surface area (Å²) in [6.45, 7) is 2.84. The lowest BCUT2D eigenvalue weighted by Crippen LogP contribution is -3.11. The first-order chi connectivity index (χ1) is 14.2. The molecule has 2 aromatic rings. The number of rotatable bonds is 10. The zero-order valence-electron chi connectivity index (χ0n) is 19.1. The normalized spacial score (nSPS) is 13.5. The number of esters is 2. The molecule has 2 rings (SSSR count). The number of quaternary nitrogens is 2. The molecular weight excluding hydrogens is 380 g/mol. The maximum atomic E-state index is 12.7. The van der Waals surface area contributed by atoms with Crippen LogP contribution in [0.15, 0.2) is 36.4 Å². The van der Waals surface area contributed by atoms with E-state index < -0.39 is 17.9 Å². The molecule has 0 saturated heterocycles. The molecule has 0 aliphatic rings. The first-order valence-corrected chi connectivity index (χ1v) is 10.6. The van der Waals surface area contributed by atoms with Gasteiger partial charge < -0.3 is 19.3 Å². The molecule has 2 atom stereocenters. The Morgan fingerprint density at radius 1 is 0.933 bits per heavy atom. The van der Waals surface area contributed by atoms with Crippen LogP contribution in [-0.4, -0.2) is 59.8 Å². The zero-order valence-corrected chi connectivity index (χ0v) is 19.1. The number of benzene rings is 2. The van der Waals surface area contributed by atoms with Crippen molar-refractivity contribution in [3.8, 4) is 5.75 Å². The number of ether oxygens (including phenoxy) is 2.